The van der Waals surface area contributed by atoms with Gasteiger partial charge in [0.25, 0.3) is 0 Å². The average molecular weight is 280 g/mol. The summed E-state index contributed by atoms with van der Waals surface area (Å²) in [5.41, 5.74) is 1.77. The summed E-state index contributed by atoms with van der Waals surface area (Å²) in [5, 5.41) is 18.9. The van der Waals surface area contributed by atoms with Gasteiger partial charge in [0, 0.05) is 17.1 Å². The second-order valence-corrected chi connectivity index (χ2v) is 4.82. The van der Waals surface area contributed by atoms with Gasteiger partial charge in [-0.15, -0.1) is 0 Å². The molecule has 0 saturated carbocycles. The van der Waals surface area contributed by atoms with E-state index >= 15 is 0 Å². The third-order valence-corrected chi connectivity index (χ3v) is 3.43. The van der Waals surface area contributed by atoms with Gasteiger partial charge in [-0.1, -0.05) is 0 Å². The van der Waals surface area contributed by atoms with Crippen LogP contribution >= 0.6 is 0 Å². The molecular weight excluding hydrogens is 268 g/mol. The molecule has 0 atom stereocenters. The van der Waals surface area contributed by atoms with Gasteiger partial charge in [-0.25, -0.2) is 4.79 Å². The van der Waals surface area contributed by atoms with E-state index in [0.29, 0.717) is 23.6 Å². The topological polar surface area (TPSA) is 79.2 Å². The molecule has 1 N–H and O–H groups in total. The lowest BCUT2D eigenvalue weighted by Crippen LogP contribution is -1.97. The molecule has 1 aromatic carbocycles. The van der Waals surface area contributed by atoms with E-state index < -0.39 is 5.97 Å². The number of carbonyl (C=O) groups is 1. The molecule has 0 radical (unpaired) electrons. The van der Waals surface area contributed by atoms with Gasteiger partial charge in [0.1, 0.15) is 17.1 Å². The number of nitrogens with zero attached hydrogens (tertiary/aromatic N) is 2. The van der Waals surface area contributed by atoms with Crippen molar-refractivity contribution in [2.24, 2.45) is 0 Å². The van der Waals surface area contributed by atoms with E-state index in [-0.39, 0.29) is 5.56 Å². The number of aromatic nitrogens is 1. The fourth-order valence-corrected chi connectivity index (χ4v) is 2.41. The minimum atomic E-state index is -0.987. The molecule has 0 spiro atoms. The molecule has 2 heterocycles. The Morgan fingerprint density at radius 1 is 1.38 bits per heavy atom. The maximum absolute atomic E-state index is 11.0. The Morgan fingerprint density at radius 3 is 2.86 bits per heavy atom. The number of carboxylic acids is 1. The van der Waals surface area contributed by atoms with Crippen molar-refractivity contribution in [3.63, 3.8) is 0 Å². The first-order valence-corrected chi connectivity index (χ1v) is 6.40. The highest BCUT2D eigenvalue weighted by Crippen LogP contribution is 2.21. The van der Waals surface area contributed by atoms with Crippen molar-refractivity contribution in [1.29, 1.82) is 5.26 Å². The van der Waals surface area contributed by atoms with Crippen LogP contribution in [0.5, 0.6) is 0 Å². The third kappa shape index (κ3) is 2.28. The maximum atomic E-state index is 11.0. The lowest BCUT2D eigenvalue weighted by Gasteiger charge is -2.02. The zero-order chi connectivity index (χ0) is 15.0. The van der Waals surface area contributed by atoms with Gasteiger partial charge in [0.05, 0.1) is 18.2 Å². The van der Waals surface area contributed by atoms with Gasteiger partial charge in [0.15, 0.2) is 0 Å². The van der Waals surface area contributed by atoms with Crippen molar-refractivity contribution in [1.82, 2.24) is 4.57 Å². The summed E-state index contributed by atoms with van der Waals surface area (Å²) in [6.07, 6.45) is 1.89. The predicted octanol–water partition coefficient (Wildman–Crippen LogP) is 3.16. The van der Waals surface area contributed by atoms with E-state index in [1.54, 1.807) is 19.1 Å². The first-order chi connectivity index (χ1) is 10.1. The Kier molecular flexibility index (Phi) is 2.99. The number of furan rings is 1. The number of benzene rings is 1. The average Bonchev–Trinajstić information content (AvgIpc) is 3.02. The lowest BCUT2D eigenvalue weighted by atomic mass is 10.2. The first kappa shape index (κ1) is 13.0. The number of hydrogen-bond acceptors (Lipinski definition) is 3. The SMILES string of the molecule is Cc1oc(Cn2ccc3cc(C#N)ccc32)cc1C(=O)O. The van der Waals surface area contributed by atoms with E-state index in [0.717, 1.165) is 10.9 Å². The number of carboxylic acid groups (broad SMARTS) is 1. The maximum Gasteiger partial charge on any atom is 0.339 e. The van der Waals surface area contributed by atoms with Crippen LogP contribution in [0.3, 0.4) is 0 Å². The number of nitriles is 1. The lowest BCUT2D eigenvalue weighted by molar-refractivity contribution is 0.0695. The first-order valence-electron chi connectivity index (χ1n) is 6.40. The van der Waals surface area contributed by atoms with Crippen LogP contribution in [0.15, 0.2) is 40.9 Å². The van der Waals surface area contributed by atoms with Crippen LogP contribution in [-0.2, 0) is 6.54 Å². The van der Waals surface area contributed by atoms with Crippen molar-refractivity contribution in [2.45, 2.75) is 13.5 Å². The summed E-state index contributed by atoms with van der Waals surface area (Å²) < 4.78 is 7.45. The van der Waals surface area contributed by atoms with E-state index in [4.69, 9.17) is 14.8 Å². The van der Waals surface area contributed by atoms with Crippen LogP contribution in [-0.4, -0.2) is 15.6 Å². The zero-order valence-electron chi connectivity index (χ0n) is 11.3. The Bertz CT molecular complexity index is 881. The predicted molar refractivity (Wildman–Crippen MR) is 76.2 cm³/mol. The van der Waals surface area contributed by atoms with Crippen LogP contribution in [0.4, 0.5) is 0 Å². The molecule has 104 valence electrons. The Balaban J connectivity index is 1.97. The highest BCUT2D eigenvalue weighted by molar-refractivity contribution is 5.88. The summed E-state index contributed by atoms with van der Waals surface area (Å²) in [7, 11) is 0. The molecule has 21 heavy (non-hydrogen) atoms. The molecule has 0 unspecified atom stereocenters. The fraction of sp³-hybridized carbons (Fsp3) is 0.125. The molecule has 0 amide bonds. The number of aromatic carboxylic acids is 1. The smallest absolute Gasteiger partial charge is 0.339 e. The van der Waals surface area contributed by atoms with E-state index in [1.165, 1.54) is 0 Å². The largest absolute Gasteiger partial charge is 0.478 e. The van der Waals surface area contributed by atoms with Gasteiger partial charge in [-0.3, -0.25) is 0 Å². The monoisotopic (exact) mass is 280 g/mol. The van der Waals surface area contributed by atoms with Crippen LogP contribution in [0.1, 0.15) is 27.4 Å². The highest BCUT2D eigenvalue weighted by Gasteiger charge is 2.14. The van der Waals surface area contributed by atoms with E-state index in [9.17, 15) is 4.79 Å². The zero-order valence-corrected chi connectivity index (χ0v) is 11.3. The molecule has 5 heteroatoms. The van der Waals surface area contributed by atoms with Crippen molar-refractivity contribution >= 4 is 16.9 Å². The molecule has 0 aliphatic heterocycles. The number of fused-ring (bicyclic) bond motifs is 1. The number of aryl methyl sites for hydroxylation is 1. The van der Waals surface area contributed by atoms with Gasteiger partial charge >= 0.3 is 5.97 Å². The standard InChI is InChI=1S/C16H12N2O3/c1-10-14(16(19)20)7-13(21-10)9-18-5-4-12-6-11(8-17)2-3-15(12)18/h2-7H,9H2,1H3,(H,19,20). The second kappa shape index (κ2) is 4.84. The summed E-state index contributed by atoms with van der Waals surface area (Å²) in [5.74, 6) is 0.00557. The van der Waals surface area contributed by atoms with Crippen LogP contribution in [0.25, 0.3) is 10.9 Å². The van der Waals surface area contributed by atoms with Crippen molar-refractivity contribution in [2.75, 3.05) is 0 Å². The van der Waals surface area contributed by atoms with Gasteiger partial charge in [-0.2, -0.15) is 5.26 Å². The molecular formula is C16H12N2O3. The summed E-state index contributed by atoms with van der Waals surface area (Å²) >= 11 is 0. The molecule has 2 aromatic heterocycles. The number of hydrogen-bond donors (Lipinski definition) is 1. The number of rotatable bonds is 3. The molecule has 0 aliphatic rings. The fourth-order valence-electron chi connectivity index (χ4n) is 2.41. The summed E-state index contributed by atoms with van der Waals surface area (Å²) in [6, 6.07) is 11.0. The Hall–Kier alpha value is -3.00. The van der Waals surface area contributed by atoms with Gasteiger partial charge < -0.3 is 14.1 Å². The summed E-state index contributed by atoms with van der Waals surface area (Å²) in [4.78, 5) is 11.0. The highest BCUT2D eigenvalue weighted by atomic mass is 16.4. The minimum Gasteiger partial charge on any atom is -0.478 e. The molecule has 0 saturated heterocycles. The van der Waals surface area contributed by atoms with Crippen molar-refractivity contribution < 1.29 is 14.3 Å². The molecule has 5 nitrogen and oxygen atoms in total. The van der Waals surface area contributed by atoms with E-state index in [2.05, 4.69) is 6.07 Å². The molecule has 0 aliphatic carbocycles. The van der Waals surface area contributed by atoms with Crippen LogP contribution < -0.4 is 0 Å². The molecule has 0 fully saturated rings. The molecule has 0 bridgehead atoms. The van der Waals surface area contributed by atoms with Gasteiger partial charge in [0.2, 0.25) is 0 Å². The van der Waals surface area contributed by atoms with E-state index in [1.807, 2.05) is 29.0 Å². The van der Waals surface area contributed by atoms with Crippen molar-refractivity contribution in [3.8, 4) is 6.07 Å². The van der Waals surface area contributed by atoms with Gasteiger partial charge in [-0.05, 0) is 37.3 Å². The van der Waals surface area contributed by atoms with Crippen LogP contribution in [0, 0.1) is 18.3 Å². The van der Waals surface area contributed by atoms with Crippen LogP contribution in [0.2, 0.25) is 0 Å². The third-order valence-electron chi connectivity index (χ3n) is 3.43. The molecule has 3 rings (SSSR count). The summed E-state index contributed by atoms with van der Waals surface area (Å²) in [6.45, 7) is 2.09. The normalized spacial score (nSPS) is 10.7. The quantitative estimate of drug-likeness (QED) is 0.799. The minimum absolute atomic E-state index is 0.188. The second-order valence-electron chi connectivity index (χ2n) is 4.82. The Labute approximate surface area is 120 Å². The molecule has 3 aromatic rings. The van der Waals surface area contributed by atoms with Crippen molar-refractivity contribution in [3.05, 3.63) is 59.2 Å². The Morgan fingerprint density at radius 2 is 2.19 bits per heavy atom.